The fraction of sp³-hybridized carbons (Fsp3) is 0.679. The molecule has 2 fully saturated rings. The molecule has 1 unspecified atom stereocenters. The first-order chi connectivity index (χ1) is 16.3. The smallest absolute Gasteiger partial charge is 0.308 e. The Morgan fingerprint density at radius 1 is 1.17 bits per heavy atom. The van der Waals surface area contributed by atoms with Crippen LogP contribution >= 0.6 is 0 Å². The molecule has 0 amide bonds. The second-order valence-electron chi connectivity index (χ2n) is 10.9. The molecule has 0 N–H and O–H groups in total. The zero-order valence-electron chi connectivity index (χ0n) is 22.1. The van der Waals surface area contributed by atoms with E-state index in [4.69, 9.17) is 18.9 Å². The third-order valence-electron chi connectivity index (χ3n) is 8.30. The summed E-state index contributed by atoms with van der Waals surface area (Å²) in [5, 5.41) is 0. The van der Waals surface area contributed by atoms with E-state index < -0.39 is 36.0 Å². The second kappa shape index (κ2) is 10.3. The average molecular weight is 489 g/mol. The summed E-state index contributed by atoms with van der Waals surface area (Å²) in [5.74, 6) is -1.22. The quantitative estimate of drug-likeness (QED) is 0.209. The molecule has 0 aromatic heterocycles. The summed E-state index contributed by atoms with van der Waals surface area (Å²) in [5.41, 5.74) is 0.921. The minimum Gasteiger partial charge on any atom is -0.458 e. The first kappa shape index (κ1) is 27.2. The van der Waals surface area contributed by atoms with E-state index in [-0.39, 0.29) is 23.2 Å². The van der Waals surface area contributed by atoms with Crippen LogP contribution in [0.2, 0.25) is 0 Å². The summed E-state index contributed by atoms with van der Waals surface area (Å²) in [6.45, 7) is 16.7. The van der Waals surface area contributed by atoms with E-state index in [1.54, 1.807) is 13.8 Å². The van der Waals surface area contributed by atoms with Crippen molar-refractivity contribution in [3.63, 3.8) is 0 Å². The first-order valence-electron chi connectivity index (χ1n) is 12.6. The summed E-state index contributed by atoms with van der Waals surface area (Å²) in [6, 6.07) is 0. The van der Waals surface area contributed by atoms with Gasteiger partial charge in [-0.1, -0.05) is 52.0 Å². The molecular formula is C28H40O7. The second-order valence-corrected chi connectivity index (χ2v) is 10.9. The molecule has 1 heterocycles. The highest BCUT2D eigenvalue weighted by atomic mass is 16.8. The summed E-state index contributed by atoms with van der Waals surface area (Å²) < 4.78 is 23.4. The number of esters is 3. The largest absolute Gasteiger partial charge is 0.458 e. The van der Waals surface area contributed by atoms with Gasteiger partial charge in [-0.15, -0.1) is 0 Å². The highest BCUT2D eigenvalue weighted by molar-refractivity contribution is 5.72. The van der Waals surface area contributed by atoms with Gasteiger partial charge in [-0.05, 0) is 55.9 Å². The maximum absolute atomic E-state index is 12.6. The van der Waals surface area contributed by atoms with Crippen LogP contribution in [-0.2, 0) is 33.3 Å². The Morgan fingerprint density at radius 2 is 1.83 bits per heavy atom. The molecule has 1 saturated heterocycles. The number of hydrogen-bond donors (Lipinski definition) is 0. The molecule has 1 aliphatic heterocycles. The number of ether oxygens (including phenoxy) is 4. The molecule has 1 saturated carbocycles. The first-order valence-corrected chi connectivity index (χ1v) is 12.6. The topological polar surface area (TPSA) is 88.1 Å². The molecule has 3 rings (SSSR count). The van der Waals surface area contributed by atoms with E-state index in [2.05, 4.69) is 26.5 Å². The van der Waals surface area contributed by atoms with Gasteiger partial charge in [-0.2, -0.15) is 0 Å². The summed E-state index contributed by atoms with van der Waals surface area (Å²) in [4.78, 5) is 36.6. The SMILES string of the molecule is C=C/C(C)=C/C[C@@]1(C)[C@@H](C)CCC23C(=C[C@@H](OC(=O)C(C)C)C[C@@H]21)[C@H](OC(C)=O)O[C@@H]3OC(C)=O. The van der Waals surface area contributed by atoms with E-state index in [1.807, 2.05) is 19.1 Å². The summed E-state index contributed by atoms with van der Waals surface area (Å²) >= 11 is 0. The van der Waals surface area contributed by atoms with Crippen molar-refractivity contribution in [1.29, 1.82) is 0 Å². The van der Waals surface area contributed by atoms with Gasteiger partial charge >= 0.3 is 17.9 Å². The van der Waals surface area contributed by atoms with Gasteiger partial charge in [0.15, 0.2) is 0 Å². The maximum atomic E-state index is 12.6. The van der Waals surface area contributed by atoms with E-state index in [0.29, 0.717) is 18.8 Å². The van der Waals surface area contributed by atoms with Gasteiger partial charge < -0.3 is 14.2 Å². The molecule has 0 bridgehead atoms. The third-order valence-corrected chi connectivity index (χ3v) is 8.30. The van der Waals surface area contributed by atoms with Crippen LogP contribution in [0.15, 0.2) is 36.0 Å². The Labute approximate surface area is 208 Å². The molecule has 7 heteroatoms. The predicted molar refractivity (Wildman–Crippen MR) is 131 cm³/mol. The zero-order chi connectivity index (χ0) is 26.1. The lowest BCUT2D eigenvalue weighted by Gasteiger charge is -2.58. The van der Waals surface area contributed by atoms with Crippen molar-refractivity contribution in [2.45, 2.75) is 92.8 Å². The molecule has 7 nitrogen and oxygen atoms in total. The van der Waals surface area contributed by atoms with E-state index in [0.717, 1.165) is 24.0 Å². The maximum Gasteiger partial charge on any atom is 0.308 e. The van der Waals surface area contributed by atoms with Crippen molar-refractivity contribution >= 4 is 17.9 Å². The van der Waals surface area contributed by atoms with Gasteiger partial charge in [0.2, 0.25) is 12.6 Å². The molecule has 194 valence electrons. The van der Waals surface area contributed by atoms with Crippen molar-refractivity contribution in [2.24, 2.45) is 28.6 Å². The van der Waals surface area contributed by atoms with Crippen LogP contribution in [0, 0.1) is 28.6 Å². The van der Waals surface area contributed by atoms with Crippen molar-refractivity contribution in [3.8, 4) is 0 Å². The van der Waals surface area contributed by atoms with Crippen LogP contribution in [0.5, 0.6) is 0 Å². The van der Waals surface area contributed by atoms with Gasteiger partial charge in [0.05, 0.1) is 11.3 Å². The fourth-order valence-corrected chi connectivity index (χ4v) is 6.10. The Kier molecular flexibility index (Phi) is 7.99. The van der Waals surface area contributed by atoms with Gasteiger partial charge in [-0.25, -0.2) is 0 Å². The molecular weight excluding hydrogens is 448 g/mol. The normalized spacial score (nSPS) is 36.5. The van der Waals surface area contributed by atoms with Crippen LogP contribution in [0.4, 0.5) is 0 Å². The van der Waals surface area contributed by atoms with Crippen molar-refractivity contribution < 1.29 is 33.3 Å². The number of allylic oxidation sites excluding steroid dienone is 3. The standard InChI is InChI=1S/C28H40O7/c1-9-17(4)10-12-27(8)18(5)11-13-28-22(14-21(15-23(27)28)34-24(31)16(2)3)25(32-19(6)29)35-26(28)33-20(7)30/h9-10,14,16,18,21,23,25-26H,1,11-13,15H2,2-8H3/b17-10+/t18-,21+,23+,25+,26-,27-,28?/m0/s1. The summed E-state index contributed by atoms with van der Waals surface area (Å²) in [7, 11) is 0. The molecule has 1 spiro atoms. The number of rotatable bonds is 7. The molecule has 0 aromatic rings. The highest BCUT2D eigenvalue weighted by Gasteiger charge is 2.67. The van der Waals surface area contributed by atoms with E-state index in [1.165, 1.54) is 13.8 Å². The van der Waals surface area contributed by atoms with Gasteiger partial charge in [-0.3, -0.25) is 19.1 Å². The van der Waals surface area contributed by atoms with Crippen LogP contribution in [0.3, 0.4) is 0 Å². The van der Waals surface area contributed by atoms with E-state index in [9.17, 15) is 14.4 Å². The van der Waals surface area contributed by atoms with Crippen molar-refractivity contribution in [1.82, 2.24) is 0 Å². The van der Waals surface area contributed by atoms with Crippen LogP contribution in [0.25, 0.3) is 0 Å². The number of carbonyl (C=O) groups excluding carboxylic acids is 3. The zero-order valence-corrected chi connectivity index (χ0v) is 22.1. The summed E-state index contributed by atoms with van der Waals surface area (Å²) in [6.07, 6.45) is 6.46. The minimum atomic E-state index is -0.997. The minimum absolute atomic E-state index is 0.0533. The van der Waals surface area contributed by atoms with Crippen LogP contribution in [0.1, 0.15) is 74.1 Å². The predicted octanol–water partition coefficient (Wildman–Crippen LogP) is 5.25. The lowest BCUT2D eigenvalue weighted by Crippen LogP contribution is -2.57. The number of carbonyl (C=O) groups is 3. The van der Waals surface area contributed by atoms with Gasteiger partial charge in [0.25, 0.3) is 0 Å². The molecule has 3 aliphatic rings. The average Bonchev–Trinajstić information content (AvgIpc) is 3.05. The monoisotopic (exact) mass is 488 g/mol. The Balaban J connectivity index is 2.17. The fourth-order valence-electron chi connectivity index (χ4n) is 6.10. The number of hydrogen-bond acceptors (Lipinski definition) is 7. The lowest BCUT2D eigenvalue weighted by atomic mass is 9.46. The Hall–Kier alpha value is -2.41. The highest BCUT2D eigenvalue weighted by Crippen LogP contribution is 2.67. The molecule has 7 atom stereocenters. The Morgan fingerprint density at radius 3 is 2.40 bits per heavy atom. The van der Waals surface area contributed by atoms with Crippen molar-refractivity contribution in [2.75, 3.05) is 0 Å². The lowest BCUT2D eigenvalue weighted by molar-refractivity contribution is -0.235. The van der Waals surface area contributed by atoms with E-state index >= 15 is 0 Å². The van der Waals surface area contributed by atoms with Gasteiger partial charge in [0.1, 0.15) is 6.10 Å². The molecule has 0 aromatic carbocycles. The Bertz CT molecular complexity index is 932. The molecule has 0 radical (unpaired) electrons. The molecule has 35 heavy (non-hydrogen) atoms. The molecule has 2 aliphatic carbocycles. The van der Waals surface area contributed by atoms with Crippen LogP contribution in [-0.4, -0.2) is 36.6 Å². The third kappa shape index (κ3) is 5.11. The van der Waals surface area contributed by atoms with Gasteiger partial charge in [0, 0.05) is 19.4 Å². The van der Waals surface area contributed by atoms with Crippen LogP contribution < -0.4 is 0 Å². The van der Waals surface area contributed by atoms with Crippen molar-refractivity contribution in [3.05, 3.63) is 36.0 Å².